The normalized spacial score (nSPS) is 11.9. The first-order chi connectivity index (χ1) is 10.2. The van der Waals surface area contributed by atoms with Gasteiger partial charge in [-0.05, 0) is 29.7 Å². The van der Waals surface area contributed by atoms with Crippen molar-refractivity contribution in [1.29, 1.82) is 0 Å². The maximum absolute atomic E-state index is 12.2. The molecule has 110 valence electrons. The number of rotatable bonds is 6. The second kappa shape index (κ2) is 7.81. The number of hydrogen-bond acceptors (Lipinski definition) is 2. The first kappa shape index (κ1) is 15.5. The Morgan fingerprint density at radius 1 is 1.10 bits per heavy atom. The van der Waals surface area contributed by atoms with E-state index in [1.165, 1.54) is 0 Å². The molecular weight excluding hydrogens is 286 g/mol. The summed E-state index contributed by atoms with van der Waals surface area (Å²) in [6.45, 7) is -0.101. The van der Waals surface area contributed by atoms with Crippen LogP contribution in [-0.4, -0.2) is 23.7 Å². The lowest BCUT2D eigenvalue weighted by molar-refractivity contribution is 0.0916. The predicted molar refractivity (Wildman–Crippen MR) is 84.5 cm³/mol. The van der Waals surface area contributed by atoms with E-state index in [2.05, 4.69) is 5.32 Å². The Hall–Kier alpha value is -1.84. The molecule has 3 nitrogen and oxygen atoms in total. The zero-order valence-corrected chi connectivity index (χ0v) is 12.4. The van der Waals surface area contributed by atoms with Gasteiger partial charge in [-0.1, -0.05) is 42.5 Å². The Morgan fingerprint density at radius 2 is 1.81 bits per heavy atom. The molecule has 21 heavy (non-hydrogen) atoms. The van der Waals surface area contributed by atoms with Crippen molar-refractivity contribution >= 4 is 17.5 Å². The summed E-state index contributed by atoms with van der Waals surface area (Å²) in [5.74, 6) is 0.172. The molecule has 0 aliphatic rings. The highest BCUT2D eigenvalue weighted by Gasteiger charge is 2.13. The van der Waals surface area contributed by atoms with Gasteiger partial charge in [-0.2, -0.15) is 0 Å². The molecule has 1 atom stereocenters. The molecule has 0 fully saturated rings. The quantitative estimate of drug-likeness (QED) is 0.806. The SMILES string of the molecule is O=C(NC(CO)Cc1ccccc1)c1cccc(CCl)c1. The van der Waals surface area contributed by atoms with Gasteiger partial charge in [0.15, 0.2) is 0 Å². The number of halogens is 1. The van der Waals surface area contributed by atoms with Crippen LogP contribution in [0, 0.1) is 0 Å². The van der Waals surface area contributed by atoms with E-state index in [0.29, 0.717) is 17.9 Å². The van der Waals surface area contributed by atoms with Gasteiger partial charge in [-0.25, -0.2) is 0 Å². The maximum Gasteiger partial charge on any atom is 0.251 e. The molecule has 2 rings (SSSR count). The van der Waals surface area contributed by atoms with Crippen LogP contribution in [0.5, 0.6) is 0 Å². The van der Waals surface area contributed by atoms with Crippen molar-refractivity contribution < 1.29 is 9.90 Å². The number of aliphatic hydroxyl groups excluding tert-OH is 1. The Balaban J connectivity index is 2.02. The number of hydrogen-bond donors (Lipinski definition) is 2. The summed E-state index contributed by atoms with van der Waals surface area (Å²) in [5.41, 5.74) is 2.53. The van der Waals surface area contributed by atoms with Crippen LogP contribution in [0.25, 0.3) is 0 Å². The topological polar surface area (TPSA) is 49.3 Å². The van der Waals surface area contributed by atoms with Crippen molar-refractivity contribution in [3.05, 3.63) is 71.3 Å². The summed E-state index contributed by atoms with van der Waals surface area (Å²) in [6, 6.07) is 16.6. The van der Waals surface area contributed by atoms with Crippen LogP contribution in [0.1, 0.15) is 21.5 Å². The zero-order valence-electron chi connectivity index (χ0n) is 11.6. The maximum atomic E-state index is 12.2. The standard InChI is InChI=1S/C17H18ClNO2/c18-11-14-7-4-8-15(9-14)17(21)19-16(12-20)10-13-5-2-1-3-6-13/h1-9,16,20H,10-12H2,(H,19,21). The molecular formula is C17H18ClNO2. The van der Waals surface area contributed by atoms with E-state index >= 15 is 0 Å². The summed E-state index contributed by atoms with van der Waals surface area (Å²) < 4.78 is 0. The minimum atomic E-state index is -0.306. The number of alkyl halides is 1. The predicted octanol–water partition coefficient (Wildman–Crippen LogP) is 2.76. The highest BCUT2D eigenvalue weighted by Crippen LogP contribution is 2.09. The molecule has 1 amide bonds. The summed E-state index contributed by atoms with van der Waals surface area (Å²) in [4.78, 5) is 12.2. The van der Waals surface area contributed by atoms with Crippen LogP contribution >= 0.6 is 11.6 Å². The van der Waals surface area contributed by atoms with Gasteiger partial charge in [0.2, 0.25) is 0 Å². The molecule has 0 aliphatic carbocycles. The highest BCUT2D eigenvalue weighted by atomic mass is 35.5. The lowest BCUT2D eigenvalue weighted by atomic mass is 10.1. The number of benzene rings is 2. The molecule has 0 saturated heterocycles. The van der Waals surface area contributed by atoms with Crippen LogP contribution in [0.2, 0.25) is 0 Å². The third kappa shape index (κ3) is 4.59. The van der Waals surface area contributed by atoms with Gasteiger partial charge >= 0.3 is 0 Å². The first-order valence-corrected chi connectivity index (χ1v) is 7.37. The lowest BCUT2D eigenvalue weighted by Gasteiger charge is -2.16. The largest absolute Gasteiger partial charge is 0.394 e. The highest BCUT2D eigenvalue weighted by molar-refractivity contribution is 6.17. The molecule has 2 N–H and O–H groups in total. The molecule has 4 heteroatoms. The third-order valence-corrected chi connectivity index (χ3v) is 3.53. The molecule has 0 spiro atoms. The van der Waals surface area contributed by atoms with E-state index in [0.717, 1.165) is 11.1 Å². The molecule has 0 radical (unpaired) electrons. The molecule has 0 heterocycles. The molecule has 0 aromatic heterocycles. The van der Waals surface area contributed by atoms with Crippen LogP contribution in [0.15, 0.2) is 54.6 Å². The van der Waals surface area contributed by atoms with Crippen molar-refractivity contribution in [2.24, 2.45) is 0 Å². The van der Waals surface area contributed by atoms with Gasteiger partial charge in [0.05, 0.1) is 12.6 Å². The second-order valence-corrected chi connectivity index (χ2v) is 5.14. The van der Waals surface area contributed by atoms with E-state index in [9.17, 15) is 9.90 Å². The van der Waals surface area contributed by atoms with Crippen LogP contribution in [0.4, 0.5) is 0 Å². The number of aliphatic hydroxyl groups is 1. The van der Waals surface area contributed by atoms with Gasteiger partial charge in [-0.15, -0.1) is 11.6 Å². The van der Waals surface area contributed by atoms with E-state index in [1.54, 1.807) is 18.2 Å². The van der Waals surface area contributed by atoms with Crippen molar-refractivity contribution in [3.63, 3.8) is 0 Å². The molecule has 1 unspecified atom stereocenters. The molecule has 0 bridgehead atoms. The van der Waals surface area contributed by atoms with E-state index in [1.807, 2.05) is 36.4 Å². The van der Waals surface area contributed by atoms with E-state index in [-0.39, 0.29) is 18.6 Å². The average Bonchev–Trinajstić information content (AvgIpc) is 2.55. The van der Waals surface area contributed by atoms with Crippen LogP contribution in [-0.2, 0) is 12.3 Å². The number of carbonyl (C=O) groups is 1. The lowest BCUT2D eigenvalue weighted by Crippen LogP contribution is -2.39. The average molecular weight is 304 g/mol. The molecule has 0 saturated carbocycles. The fourth-order valence-electron chi connectivity index (χ4n) is 2.12. The Labute approximate surface area is 129 Å². The molecule has 2 aromatic rings. The summed E-state index contributed by atoms with van der Waals surface area (Å²) >= 11 is 5.77. The van der Waals surface area contributed by atoms with Gasteiger partial charge in [0.1, 0.15) is 0 Å². The van der Waals surface area contributed by atoms with Crippen LogP contribution in [0.3, 0.4) is 0 Å². The number of amides is 1. The summed E-state index contributed by atoms with van der Waals surface area (Å²) in [7, 11) is 0. The fourth-order valence-corrected chi connectivity index (χ4v) is 2.29. The van der Waals surface area contributed by atoms with Gasteiger partial charge in [-0.3, -0.25) is 4.79 Å². The van der Waals surface area contributed by atoms with Gasteiger partial charge in [0, 0.05) is 11.4 Å². The second-order valence-electron chi connectivity index (χ2n) is 4.88. The first-order valence-electron chi connectivity index (χ1n) is 6.83. The Bertz CT molecular complexity index is 586. The van der Waals surface area contributed by atoms with Crippen molar-refractivity contribution in [2.45, 2.75) is 18.3 Å². The molecule has 0 aliphatic heterocycles. The van der Waals surface area contributed by atoms with Crippen LogP contribution < -0.4 is 5.32 Å². The van der Waals surface area contributed by atoms with E-state index in [4.69, 9.17) is 11.6 Å². The molecule has 2 aromatic carbocycles. The fraction of sp³-hybridized carbons (Fsp3) is 0.235. The van der Waals surface area contributed by atoms with Gasteiger partial charge in [0.25, 0.3) is 5.91 Å². The number of carbonyl (C=O) groups excluding carboxylic acids is 1. The minimum Gasteiger partial charge on any atom is -0.394 e. The summed E-state index contributed by atoms with van der Waals surface area (Å²) in [5, 5.41) is 12.3. The monoisotopic (exact) mass is 303 g/mol. The minimum absolute atomic E-state index is 0.101. The summed E-state index contributed by atoms with van der Waals surface area (Å²) in [6.07, 6.45) is 0.596. The smallest absolute Gasteiger partial charge is 0.251 e. The van der Waals surface area contributed by atoms with E-state index < -0.39 is 0 Å². The van der Waals surface area contributed by atoms with Crippen molar-refractivity contribution in [1.82, 2.24) is 5.32 Å². The van der Waals surface area contributed by atoms with Crippen molar-refractivity contribution in [2.75, 3.05) is 6.61 Å². The third-order valence-electron chi connectivity index (χ3n) is 3.22. The van der Waals surface area contributed by atoms with Crippen molar-refractivity contribution in [3.8, 4) is 0 Å². The Morgan fingerprint density at radius 3 is 2.48 bits per heavy atom. The zero-order chi connectivity index (χ0) is 15.1. The number of nitrogens with one attached hydrogen (secondary N) is 1. The Kier molecular flexibility index (Phi) is 5.78. The van der Waals surface area contributed by atoms with Gasteiger partial charge < -0.3 is 10.4 Å².